The van der Waals surface area contributed by atoms with Gasteiger partial charge < -0.3 is 4.90 Å². The normalized spacial score (nSPS) is 18.0. The number of hydrogen-bond acceptors (Lipinski definition) is 6. The predicted molar refractivity (Wildman–Crippen MR) is 103 cm³/mol. The van der Waals surface area contributed by atoms with Gasteiger partial charge in [-0.05, 0) is 42.5 Å². The molecule has 24 heavy (non-hydrogen) atoms. The molecule has 0 aliphatic carbocycles. The molecule has 7 heteroatoms. The van der Waals surface area contributed by atoms with Crippen molar-refractivity contribution in [2.75, 3.05) is 26.0 Å². The van der Waals surface area contributed by atoms with Crippen molar-refractivity contribution in [3.8, 4) is 0 Å². The van der Waals surface area contributed by atoms with Crippen molar-refractivity contribution in [2.45, 2.75) is 6.92 Å². The van der Waals surface area contributed by atoms with Gasteiger partial charge in [0, 0.05) is 32.2 Å². The fourth-order valence-electron chi connectivity index (χ4n) is 2.15. The topological polar surface area (TPSA) is 48.8 Å². The number of carbonyl (C=O) groups excluding carboxylic acids is 1. The van der Waals surface area contributed by atoms with Gasteiger partial charge in [0.25, 0.3) is 5.91 Å². The van der Waals surface area contributed by atoms with Crippen LogP contribution in [0.1, 0.15) is 11.3 Å². The number of amidine groups is 1. The number of thiazole rings is 1. The van der Waals surface area contributed by atoms with Crippen LogP contribution in [-0.2, 0) is 4.79 Å². The summed E-state index contributed by atoms with van der Waals surface area (Å²) in [5.74, 6) is -0.0382. The lowest BCUT2D eigenvalue weighted by atomic mass is 10.2. The number of aryl methyl sites for hydroxylation is 1. The first kappa shape index (κ1) is 16.7. The Kier molecular flexibility index (Phi) is 4.73. The van der Waals surface area contributed by atoms with E-state index in [1.165, 1.54) is 23.1 Å². The Bertz CT molecular complexity index is 821. The Hall–Kier alpha value is -2.12. The molecule has 1 aromatic carbocycles. The van der Waals surface area contributed by atoms with E-state index in [2.05, 4.69) is 9.98 Å². The summed E-state index contributed by atoms with van der Waals surface area (Å²) in [4.78, 5) is 25.5. The van der Waals surface area contributed by atoms with Crippen molar-refractivity contribution in [1.82, 2.24) is 9.88 Å². The first-order valence-corrected chi connectivity index (χ1v) is 9.09. The molecule has 0 bridgehead atoms. The summed E-state index contributed by atoms with van der Waals surface area (Å²) in [6, 6.07) is 8.09. The van der Waals surface area contributed by atoms with E-state index in [0.29, 0.717) is 15.2 Å². The van der Waals surface area contributed by atoms with Crippen molar-refractivity contribution in [2.24, 2.45) is 4.99 Å². The van der Waals surface area contributed by atoms with Crippen LogP contribution in [0.5, 0.6) is 0 Å². The minimum Gasteiger partial charge on any atom is -0.378 e. The first-order chi connectivity index (χ1) is 11.4. The minimum absolute atomic E-state index is 0.0382. The van der Waals surface area contributed by atoms with E-state index in [0.717, 1.165) is 16.9 Å². The summed E-state index contributed by atoms with van der Waals surface area (Å²) in [7, 11) is 5.74. The van der Waals surface area contributed by atoms with Crippen LogP contribution in [0.2, 0.25) is 0 Å². The van der Waals surface area contributed by atoms with Crippen LogP contribution in [0, 0.1) is 6.92 Å². The Labute approximate surface area is 149 Å². The second-order valence-corrected chi connectivity index (χ2v) is 7.47. The third kappa shape index (κ3) is 3.52. The molecule has 0 unspecified atom stereocenters. The van der Waals surface area contributed by atoms with Crippen molar-refractivity contribution in [3.63, 3.8) is 0 Å². The van der Waals surface area contributed by atoms with Crippen LogP contribution in [0.25, 0.3) is 6.08 Å². The van der Waals surface area contributed by atoms with Crippen LogP contribution >= 0.6 is 23.1 Å². The molecule has 0 atom stereocenters. The number of thioether (sulfide) groups is 1. The van der Waals surface area contributed by atoms with Crippen LogP contribution in [-0.4, -0.2) is 42.1 Å². The number of carbonyl (C=O) groups is 1. The Balaban J connectivity index is 1.84. The maximum absolute atomic E-state index is 12.4. The molecule has 1 aromatic heterocycles. The van der Waals surface area contributed by atoms with Crippen LogP contribution < -0.4 is 4.90 Å². The van der Waals surface area contributed by atoms with E-state index in [1.807, 2.05) is 61.6 Å². The predicted octanol–water partition coefficient (Wildman–Crippen LogP) is 3.75. The molecule has 1 saturated heterocycles. The van der Waals surface area contributed by atoms with Gasteiger partial charge in [0.2, 0.25) is 5.13 Å². The molecule has 0 N–H and O–H groups in total. The van der Waals surface area contributed by atoms with Gasteiger partial charge in [-0.15, -0.1) is 11.3 Å². The van der Waals surface area contributed by atoms with Gasteiger partial charge in [-0.1, -0.05) is 12.1 Å². The molecular weight excluding hydrogens is 340 g/mol. The van der Waals surface area contributed by atoms with Crippen molar-refractivity contribution in [1.29, 1.82) is 0 Å². The molecule has 0 radical (unpaired) electrons. The lowest BCUT2D eigenvalue weighted by Gasteiger charge is -2.11. The van der Waals surface area contributed by atoms with Crippen molar-refractivity contribution >= 4 is 51.1 Å². The van der Waals surface area contributed by atoms with E-state index in [4.69, 9.17) is 0 Å². The second-order valence-electron chi connectivity index (χ2n) is 5.63. The molecule has 1 amide bonds. The van der Waals surface area contributed by atoms with Gasteiger partial charge in [0.15, 0.2) is 5.17 Å². The Morgan fingerprint density at radius 1 is 1.25 bits per heavy atom. The number of anilines is 1. The van der Waals surface area contributed by atoms with Crippen LogP contribution in [0.4, 0.5) is 10.8 Å². The number of likely N-dealkylation sites (N-methyl/N-ethyl adjacent to an activating group) is 1. The summed E-state index contributed by atoms with van der Waals surface area (Å²) < 4.78 is 0. The Morgan fingerprint density at radius 2 is 1.96 bits per heavy atom. The number of aromatic nitrogens is 1. The third-order valence-electron chi connectivity index (χ3n) is 3.51. The molecule has 1 aliphatic rings. The zero-order valence-corrected chi connectivity index (χ0v) is 15.6. The average Bonchev–Trinajstić information content (AvgIpc) is 3.07. The lowest BCUT2D eigenvalue weighted by Crippen LogP contribution is -2.23. The molecule has 1 aliphatic heterocycles. The Morgan fingerprint density at radius 3 is 2.54 bits per heavy atom. The van der Waals surface area contributed by atoms with E-state index in [1.54, 1.807) is 11.9 Å². The van der Waals surface area contributed by atoms with Gasteiger partial charge in [0.05, 0.1) is 10.6 Å². The monoisotopic (exact) mass is 358 g/mol. The average molecular weight is 358 g/mol. The standard InChI is InChI=1S/C17H18N4OS2/c1-11-10-23-16(18-11)19-17-21(4)15(22)14(24-17)9-12-5-7-13(8-6-12)20(2)3/h5-10H,1-4H3/b14-9-,19-17+. The highest BCUT2D eigenvalue weighted by atomic mass is 32.2. The highest BCUT2D eigenvalue weighted by Crippen LogP contribution is 2.33. The molecule has 2 heterocycles. The molecule has 124 valence electrons. The molecule has 3 rings (SSSR count). The van der Waals surface area contributed by atoms with E-state index >= 15 is 0 Å². The third-order valence-corrected chi connectivity index (χ3v) is 5.42. The second kappa shape index (κ2) is 6.78. The summed E-state index contributed by atoms with van der Waals surface area (Å²) in [6.07, 6.45) is 1.90. The number of hydrogen-bond donors (Lipinski definition) is 0. The number of rotatable bonds is 3. The zero-order valence-electron chi connectivity index (χ0n) is 14.0. The van der Waals surface area contributed by atoms with Gasteiger partial charge in [-0.2, -0.15) is 4.99 Å². The number of amides is 1. The highest BCUT2D eigenvalue weighted by molar-refractivity contribution is 8.18. The quantitative estimate of drug-likeness (QED) is 0.784. The summed E-state index contributed by atoms with van der Waals surface area (Å²) in [5, 5.41) is 3.28. The summed E-state index contributed by atoms with van der Waals surface area (Å²) in [6.45, 7) is 1.93. The fourth-order valence-corrected chi connectivity index (χ4v) is 3.84. The van der Waals surface area contributed by atoms with E-state index < -0.39 is 0 Å². The molecule has 5 nitrogen and oxygen atoms in total. The maximum atomic E-state index is 12.4. The SMILES string of the molecule is Cc1csc(/N=C2/S/C(=C\c3ccc(N(C)C)cc3)C(=O)N2C)n1. The summed E-state index contributed by atoms with van der Waals surface area (Å²) >= 11 is 2.86. The van der Waals surface area contributed by atoms with Gasteiger partial charge in [-0.3, -0.25) is 9.69 Å². The highest BCUT2D eigenvalue weighted by Gasteiger charge is 2.30. The molecular formula is C17H18N4OS2. The zero-order chi connectivity index (χ0) is 17.3. The van der Waals surface area contributed by atoms with Crippen molar-refractivity contribution in [3.05, 3.63) is 45.8 Å². The maximum Gasteiger partial charge on any atom is 0.266 e. The van der Waals surface area contributed by atoms with E-state index in [9.17, 15) is 4.79 Å². The largest absolute Gasteiger partial charge is 0.378 e. The van der Waals surface area contributed by atoms with Gasteiger partial charge in [-0.25, -0.2) is 4.98 Å². The van der Waals surface area contributed by atoms with E-state index in [-0.39, 0.29) is 5.91 Å². The fraction of sp³-hybridized carbons (Fsp3) is 0.235. The van der Waals surface area contributed by atoms with Crippen LogP contribution in [0.3, 0.4) is 0 Å². The first-order valence-electron chi connectivity index (χ1n) is 7.40. The molecule has 0 spiro atoms. The number of aliphatic imine (C=N–C) groups is 1. The van der Waals surface area contributed by atoms with Crippen molar-refractivity contribution < 1.29 is 4.79 Å². The molecule has 0 saturated carbocycles. The lowest BCUT2D eigenvalue weighted by molar-refractivity contribution is -0.121. The smallest absolute Gasteiger partial charge is 0.266 e. The number of nitrogens with zero attached hydrogens (tertiary/aromatic N) is 4. The van der Waals surface area contributed by atoms with Gasteiger partial charge in [0.1, 0.15) is 0 Å². The number of benzene rings is 1. The van der Waals surface area contributed by atoms with Crippen LogP contribution in [0.15, 0.2) is 39.5 Å². The molecule has 2 aromatic rings. The summed E-state index contributed by atoms with van der Waals surface area (Å²) in [5.41, 5.74) is 3.06. The van der Waals surface area contributed by atoms with Gasteiger partial charge >= 0.3 is 0 Å². The minimum atomic E-state index is -0.0382. The molecule has 1 fully saturated rings.